The molecule has 0 saturated heterocycles. The summed E-state index contributed by atoms with van der Waals surface area (Å²) in [6.07, 6.45) is 1.12. The summed E-state index contributed by atoms with van der Waals surface area (Å²) in [4.78, 5) is 0. The number of hydrogen-bond donors (Lipinski definition) is 3. The summed E-state index contributed by atoms with van der Waals surface area (Å²) in [6.45, 7) is 0. The van der Waals surface area contributed by atoms with Crippen molar-refractivity contribution < 1.29 is 8.42 Å². The van der Waals surface area contributed by atoms with Crippen molar-refractivity contribution in [1.29, 1.82) is 0 Å². The molecule has 2 rings (SSSR count). The lowest BCUT2D eigenvalue weighted by molar-refractivity contribution is 0.607. The fourth-order valence-electron chi connectivity index (χ4n) is 1.57. The average molecular weight is 277 g/mol. The van der Waals surface area contributed by atoms with E-state index in [4.69, 9.17) is 5.73 Å². The van der Waals surface area contributed by atoms with Crippen LogP contribution in [0.5, 0.6) is 0 Å². The van der Waals surface area contributed by atoms with Crippen LogP contribution in [0, 0.1) is 0 Å². The van der Waals surface area contributed by atoms with Crippen molar-refractivity contribution in [2.24, 2.45) is 0 Å². The molecule has 2 aromatic carbocycles. The van der Waals surface area contributed by atoms with Crippen LogP contribution in [0.1, 0.15) is 0 Å². The number of nitrogens with two attached hydrogens (primary N) is 1. The first-order valence-electron chi connectivity index (χ1n) is 5.63. The van der Waals surface area contributed by atoms with Gasteiger partial charge in [0.2, 0.25) is 10.0 Å². The number of benzene rings is 2. The topological polar surface area (TPSA) is 84.2 Å². The van der Waals surface area contributed by atoms with Crippen molar-refractivity contribution in [3.05, 3.63) is 48.5 Å². The molecule has 0 radical (unpaired) electrons. The fraction of sp³-hybridized carbons (Fsp3) is 0.0769. The lowest BCUT2D eigenvalue weighted by Gasteiger charge is -2.08. The number of nitrogen functional groups attached to an aromatic ring is 1. The van der Waals surface area contributed by atoms with Crippen LogP contribution in [0.15, 0.2) is 48.5 Å². The molecule has 0 bridgehead atoms. The first-order chi connectivity index (χ1) is 8.92. The molecule has 0 spiro atoms. The van der Waals surface area contributed by atoms with Crippen molar-refractivity contribution in [3.63, 3.8) is 0 Å². The van der Waals surface area contributed by atoms with Crippen LogP contribution in [0.4, 0.5) is 22.7 Å². The number of anilines is 4. The molecule has 0 unspecified atom stereocenters. The third kappa shape index (κ3) is 4.18. The van der Waals surface area contributed by atoms with Gasteiger partial charge in [-0.3, -0.25) is 4.72 Å². The van der Waals surface area contributed by atoms with Gasteiger partial charge in [-0.1, -0.05) is 0 Å². The molecule has 0 fully saturated rings. The van der Waals surface area contributed by atoms with E-state index in [1.807, 2.05) is 24.3 Å². The molecular formula is C13H15N3O2S. The summed E-state index contributed by atoms with van der Waals surface area (Å²) in [7, 11) is -3.24. The van der Waals surface area contributed by atoms with Crippen LogP contribution in [0.3, 0.4) is 0 Å². The molecule has 0 aliphatic rings. The van der Waals surface area contributed by atoms with Crippen LogP contribution in [0.2, 0.25) is 0 Å². The molecule has 0 aliphatic heterocycles. The molecule has 4 N–H and O–H groups in total. The van der Waals surface area contributed by atoms with Crippen molar-refractivity contribution in [2.45, 2.75) is 0 Å². The Morgan fingerprint density at radius 3 is 1.74 bits per heavy atom. The molecule has 0 aliphatic carbocycles. The molecule has 0 saturated carbocycles. The third-order valence-corrected chi connectivity index (χ3v) is 2.99. The quantitative estimate of drug-likeness (QED) is 0.749. The molecule has 0 atom stereocenters. The van der Waals surface area contributed by atoms with Gasteiger partial charge in [-0.25, -0.2) is 8.42 Å². The predicted molar refractivity (Wildman–Crippen MR) is 79.0 cm³/mol. The summed E-state index contributed by atoms with van der Waals surface area (Å²) in [5.74, 6) is 0. The van der Waals surface area contributed by atoms with Gasteiger partial charge in [0.25, 0.3) is 0 Å². The second-order valence-electron chi connectivity index (χ2n) is 4.20. The molecule has 0 heterocycles. The predicted octanol–water partition coefficient (Wildman–Crippen LogP) is 2.38. The van der Waals surface area contributed by atoms with Crippen LogP contribution in [0.25, 0.3) is 0 Å². The Hall–Kier alpha value is -2.21. The van der Waals surface area contributed by atoms with Crippen molar-refractivity contribution >= 4 is 32.8 Å². The molecular weight excluding hydrogens is 262 g/mol. The highest BCUT2D eigenvalue weighted by molar-refractivity contribution is 7.92. The minimum absolute atomic E-state index is 0.533. The van der Waals surface area contributed by atoms with E-state index >= 15 is 0 Å². The Kier molecular flexibility index (Phi) is 3.62. The van der Waals surface area contributed by atoms with Gasteiger partial charge in [0.05, 0.1) is 6.26 Å². The molecule has 0 amide bonds. The average Bonchev–Trinajstić information content (AvgIpc) is 2.33. The number of nitrogens with one attached hydrogen (secondary N) is 2. The first kappa shape index (κ1) is 13.2. The van der Waals surface area contributed by atoms with Gasteiger partial charge in [0, 0.05) is 22.7 Å². The summed E-state index contributed by atoms with van der Waals surface area (Å²) < 4.78 is 24.5. The molecule has 0 aromatic heterocycles. The van der Waals surface area contributed by atoms with Gasteiger partial charge in [0.1, 0.15) is 0 Å². The Bertz CT molecular complexity index is 649. The molecule has 5 nitrogen and oxygen atoms in total. The smallest absolute Gasteiger partial charge is 0.229 e. The lowest BCUT2D eigenvalue weighted by Crippen LogP contribution is -2.09. The lowest BCUT2D eigenvalue weighted by atomic mass is 10.2. The van der Waals surface area contributed by atoms with Crippen molar-refractivity contribution in [3.8, 4) is 0 Å². The standard InChI is InChI=1S/C13H15N3O2S/c1-19(17,18)16-13-8-6-12(7-9-13)15-11-4-2-10(14)3-5-11/h2-9,15-16H,14H2,1H3. The maximum absolute atomic E-state index is 11.1. The second kappa shape index (κ2) is 5.19. The zero-order chi connectivity index (χ0) is 13.9. The second-order valence-corrected chi connectivity index (χ2v) is 5.95. The van der Waals surface area contributed by atoms with E-state index in [0.29, 0.717) is 11.4 Å². The van der Waals surface area contributed by atoms with E-state index < -0.39 is 10.0 Å². The zero-order valence-corrected chi connectivity index (χ0v) is 11.2. The van der Waals surface area contributed by atoms with Gasteiger partial charge in [-0.2, -0.15) is 0 Å². The highest BCUT2D eigenvalue weighted by atomic mass is 32.2. The van der Waals surface area contributed by atoms with Gasteiger partial charge >= 0.3 is 0 Å². The van der Waals surface area contributed by atoms with Crippen molar-refractivity contribution in [2.75, 3.05) is 22.0 Å². The van der Waals surface area contributed by atoms with Gasteiger partial charge < -0.3 is 11.1 Å². The third-order valence-electron chi connectivity index (χ3n) is 2.39. The molecule has 2 aromatic rings. The molecule has 19 heavy (non-hydrogen) atoms. The molecule has 100 valence electrons. The van der Waals surface area contributed by atoms with Crippen LogP contribution in [-0.2, 0) is 10.0 Å². The largest absolute Gasteiger partial charge is 0.399 e. The Morgan fingerprint density at radius 1 is 0.842 bits per heavy atom. The molecule has 6 heteroatoms. The first-order valence-corrected chi connectivity index (χ1v) is 7.52. The van der Waals surface area contributed by atoms with E-state index in [-0.39, 0.29) is 0 Å². The van der Waals surface area contributed by atoms with Crippen LogP contribution < -0.4 is 15.8 Å². The summed E-state index contributed by atoms with van der Waals surface area (Å²) >= 11 is 0. The number of rotatable bonds is 4. The monoisotopic (exact) mass is 277 g/mol. The Morgan fingerprint density at radius 2 is 1.26 bits per heavy atom. The SMILES string of the molecule is CS(=O)(=O)Nc1ccc(Nc2ccc(N)cc2)cc1. The summed E-state index contributed by atoms with van der Waals surface area (Å²) in [5, 5.41) is 3.19. The van der Waals surface area contributed by atoms with E-state index in [0.717, 1.165) is 17.6 Å². The zero-order valence-electron chi connectivity index (χ0n) is 10.4. The van der Waals surface area contributed by atoms with Gasteiger partial charge in [-0.15, -0.1) is 0 Å². The minimum Gasteiger partial charge on any atom is -0.399 e. The fourth-order valence-corrected chi connectivity index (χ4v) is 2.13. The highest BCUT2D eigenvalue weighted by Gasteiger charge is 2.01. The van der Waals surface area contributed by atoms with Crippen molar-refractivity contribution in [1.82, 2.24) is 0 Å². The van der Waals surface area contributed by atoms with Gasteiger partial charge in [0.15, 0.2) is 0 Å². The maximum Gasteiger partial charge on any atom is 0.229 e. The Labute approximate surface area is 112 Å². The van der Waals surface area contributed by atoms with E-state index in [2.05, 4.69) is 10.0 Å². The van der Waals surface area contributed by atoms with Crippen LogP contribution in [-0.4, -0.2) is 14.7 Å². The maximum atomic E-state index is 11.1. The van der Waals surface area contributed by atoms with Crippen LogP contribution >= 0.6 is 0 Å². The number of sulfonamides is 1. The minimum atomic E-state index is -3.24. The summed E-state index contributed by atoms with van der Waals surface area (Å²) in [6, 6.07) is 14.3. The Balaban J connectivity index is 2.08. The summed E-state index contributed by atoms with van der Waals surface area (Å²) in [5.41, 5.74) is 8.62. The van der Waals surface area contributed by atoms with E-state index in [9.17, 15) is 8.42 Å². The normalized spacial score (nSPS) is 11.0. The number of hydrogen-bond acceptors (Lipinski definition) is 4. The van der Waals surface area contributed by atoms with Gasteiger partial charge in [-0.05, 0) is 48.5 Å². The van der Waals surface area contributed by atoms with E-state index in [1.165, 1.54) is 0 Å². The van der Waals surface area contributed by atoms with E-state index in [1.54, 1.807) is 24.3 Å². The highest BCUT2D eigenvalue weighted by Crippen LogP contribution is 2.20.